The Morgan fingerprint density at radius 2 is 1.93 bits per heavy atom. The van der Waals surface area contributed by atoms with Crippen LogP contribution in [-0.4, -0.2) is 37.8 Å². The number of fused-ring (bicyclic) bond motifs is 1. The summed E-state index contributed by atoms with van der Waals surface area (Å²) in [6.45, 7) is 0.226. The number of nitro groups is 1. The molecule has 2 N–H and O–H groups in total. The normalized spacial score (nSPS) is 10.8. The van der Waals surface area contributed by atoms with Gasteiger partial charge in [0.15, 0.2) is 5.16 Å². The van der Waals surface area contributed by atoms with Gasteiger partial charge in [0, 0.05) is 31.0 Å². The maximum absolute atomic E-state index is 12.8. The van der Waals surface area contributed by atoms with Crippen molar-refractivity contribution in [3.8, 4) is 0 Å². The van der Waals surface area contributed by atoms with Gasteiger partial charge in [0.1, 0.15) is 0 Å². The molecule has 0 atom stereocenters. The number of nitro benzene ring substituents is 1. The van der Waals surface area contributed by atoms with E-state index < -0.39 is 4.92 Å². The summed E-state index contributed by atoms with van der Waals surface area (Å²) in [7, 11) is 0. The number of anilines is 1. The summed E-state index contributed by atoms with van der Waals surface area (Å²) in [6.07, 6.45) is 0.391. The van der Waals surface area contributed by atoms with Gasteiger partial charge < -0.3 is 10.4 Å². The van der Waals surface area contributed by atoms with Crippen molar-refractivity contribution in [1.29, 1.82) is 0 Å². The molecular weight excluding hydrogens is 396 g/mol. The monoisotopic (exact) mass is 414 g/mol. The third-order valence-electron chi connectivity index (χ3n) is 4.06. The highest BCUT2D eigenvalue weighted by Crippen LogP contribution is 2.20. The highest BCUT2D eigenvalue weighted by atomic mass is 32.2. The number of aromatic nitrogens is 2. The zero-order chi connectivity index (χ0) is 20.8. The van der Waals surface area contributed by atoms with Crippen LogP contribution in [0, 0.1) is 10.1 Å². The third-order valence-corrected chi connectivity index (χ3v) is 5.04. The Kier molecular flexibility index (Phi) is 6.57. The Hall–Kier alpha value is -3.24. The van der Waals surface area contributed by atoms with E-state index in [1.807, 2.05) is 0 Å². The third kappa shape index (κ3) is 4.98. The van der Waals surface area contributed by atoms with Gasteiger partial charge in [-0.2, -0.15) is 0 Å². The molecule has 1 aromatic heterocycles. The van der Waals surface area contributed by atoms with E-state index in [9.17, 15) is 19.7 Å². The zero-order valence-electron chi connectivity index (χ0n) is 15.3. The fourth-order valence-electron chi connectivity index (χ4n) is 2.68. The van der Waals surface area contributed by atoms with Crippen LogP contribution in [0.3, 0.4) is 0 Å². The average Bonchev–Trinajstić information content (AvgIpc) is 2.72. The first-order chi connectivity index (χ1) is 14.0. The Bertz CT molecular complexity index is 1100. The van der Waals surface area contributed by atoms with Crippen LogP contribution >= 0.6 is 11.8 Å². The molecule has 1 heterocycles. The smallest absolute Gasteiger partial charge is 0.269 e. The van der Waals surface area contributed by atoms with Crippen molar-refractivity contribution in [2.45, 2.75) is 18.1 Å². The van der Waals surface area contributed by atoms with E-state index in [0.29, 0.717) is 34.7 Å². The number of para-hydroxylation sites is 1. The van der Waals surface area contributed by atoms with E-state index in [4.69, 9.17) is 5.11 Å². The van der Waals surface area contributed by atoms with Crippen molar-refractivity contribution in [2.24, 2.45) is 0 Å². The van der Waals surface area contributed by atoms with E-state index in [2.05, 4.69) is 10.3 Å². The first-order valence-electron chi connectivity index (χ1n) is 8.77. The van der Waals surface area contributed by atoms with Crippen molar-refractivity contribution in [3.63, 3.8) is 0 Å². The number of aliphatic hydroxyl groups is 1. The van der Waals surface area contributed by atoms with Crippen molar-refractivity contribution >= 4 is 39.9 Å². The number of benzene rings is 2. The van der Waals surface area contributed by atoms with Crippen molar-refractivity contribution in [3.05, 3.63) is 69.0 Å². The summed E-state index contributed by atoms with van der Waals surface area (Å²) in [5, 5.41) is 23.3. The lowest BCUT2D eigenvalue weighted by Gasteiger charge is -2.12. The quantitative estimate of drug-likeness (QED) is 0.251. The van der Waals surface area contributed by atoms with Crippen LogP contribution in [0.5, 0.6) is 0 Å². The molecule has 3 aromatic rings. The van der Waals surface area contributed by atoms with Gasteiger partial charge >= 0.3 is 0 Å². The average molecular weight is 414 g/mol. The molecule has 1 amide bonds. The minimum atomic E-state index is -0.515. The van der Waals surface area contributed by atoms with Gasteiger partial charge in [-0.25, -0.2) is 4.98 Å². The predicted molar refractivity (Wildman–Crippen MR) is 110 cm³/mol. The lowest BCUT2D eigenvalue weighted by Crippen LogP contribution is -2.24. The standard InChI is InChI=1S/C19H18N4O5S/c24-11-3-10-22-18(26)15-4-1-2-5-16(15)21-19(22)29-12-17(25)20-13-6-8-14(9-7-13)23(27)28/h1-2,4-9,24H,3,10-12H2,(H,20,25). The molecule has 2 aromatic carbocycles. The lowest BCUT2D eigenvalue weighted by molar-refractivity contribution is -0.384. The maximum Gasteiger partial charge on any atom is 0.269 e. The van der Waals surface area contributed by atoms with Gasteiger partial charge in [0.25, 0.3) is 11.2 Å². The van der Waals surface area contributed by atoms with E-state index >= 15 is 0 Å². The Morgan fingerprint density at radius 1 is 1.21 bits per heavy atom. The number of aliphatic hydroxyl groups excluding tert-OH is 1. The Labute approximate surface area is 169 Å². The van der Waals surface area contributed by atoms with Crippen LogP contribution in [-0.2, 0) is 11.3 Å². The first-order valence-corrected chi connectivity index (χ1v) is 9.75. The van der Waals surface area contributed by atoms with E-state index in [1.165, 1.54) is 28.8 Å². The Balaban J connectivity index is 1.75. The highest BCUT2D eigenvalue weighted by molar-refractivity contribution is 7.99. The zero-order valence-corrected chi connectivity index (χ0v) is 16.1. The summed E-state index contributed by atoms with van der Waals surface area (Å²) in [6, 6.07) is 12.5. The highest BCUT2D eigenvalue weighted by Gasteiger charge is 2.13. The van der Waals surface area contributed by atoms with Crippen LogP contribution in [0.25, 0.3) is 10.9 Å². The second-order valence-electron chi connectivity index (χ2n) is 6.09. The minimum absolute atomic E-state index is 0.000886. The summed E-state index contributed by atoms with van der Waals surface area (Å²) >= 11 is 1.11. The topological polar surface area (TPSA) is 127 Å². The number of carbonyl (C=O) groups is 1. The van der Waals surface area contributed by atoms with Crippen LogP contribution in [0.1, 0.15) is 6.42 Å². The number of nitrogens with zero attached hydrogens (tertiary/aromatic N) is 3. The minimum Gasteiger partial charge on any atom is -0.396 e. The van der Waals surface area contributed by atoms with Gasteiger partial charge in [-0.1, -0.05) is 23.9 Å². The summed E-state index contributed by atoms with van der Waals surface area (Å²) in [5.74, 6) is -0.332. The van der Waals surface area contributed by atoms with Crippen molar-refractivity contribution in [2.75, 3.05) is 17.7 Å². The molecule has 0 saturated heterocycles. The van der Waals surface area contributed by atoms with Crippen LogP contribution in [0.4, 0.5) is 11.4 Å². The predicted octanol–water partition coefficient (Wildman–Crippen LogP) is 2.42. The molecule has 9 nitrogen and oxygen atoms in total. The van der Waals surface area contributed by atoms with Gasteiger partial charge in [0.2, 0.25) is 5.91 Å². The number of hydrogen-bond donors (Lipinski definition) is 2. The second kappa shape index (κ2) is 9.30. The van der Waals surface area contributed by atoms with Crippen molar-refractivity contribution in [1.82, 2.24) is 9.55 Å². The largest absolute Gasteiger partial charge is 0.396 e. The van der Waals surface area contributed by atoms with Gasteiger partial charge in [0.05, 0.1) is 21.6 Å². The number of nitrogens with one attached hydrogen (secondary N) is 1. The SMILES string of the molecule is O=C(CSc1nc2ccccc2c(=O)n1CCCO)Nc1ccc([N+](=O)[O-])cc1. The summed E-state index contributed by atoms with van der Waals surface area (Å²) in [4.78, 5) is 39.7. The van der Waals surface area contributed by atoms with Crippen LogP contribution in [0.2, 0.25) is 0 Å². The Morgan fingerprint density at radius 3 is 2.62 bits per heavy atom. The number of thioether (sulfide) groups is 1. The first kappa shape index (κ1) is 20.5. The number of hydrogen-bond acceptors (Lipinski definition) is 7. The van der Waals surface area contributed by atoms with E-state index in [1.54, 1.807) is 24.3 Å². The second-order valence-corrected chi connectivity index (χ2v) is 7.03. The molecule has 0 radical (unpaired) electrons. The molecule has 0 saturated carbocycles. The molecule has 0 aliphatic carbocycles. The molecule has 0 bridgehead atoms. The van der Waals surface area contributed by atoms with Gasteiger partial charge in [-0.15, -0.1) is 0 Å². The van der Waals surface area contributed by atoms with Gasteiger partial charge in [-0.05, 0) is 30.7 Å². The molecule has 0 spiro atoms. The maximum atomic E-state index is 12.8. The fraction of sp³-hybridized carbons (Fsp3) is 0.211. The van der Waals surface area contributed by atoms with Gasteiger partial charge in [-0.3, -0.25) is 24.3 Å². The molecule has 0 unspecified atom stereocenters. The molecule has 3 rings (SSSR count). The van der Waals surface area contributed by atoms with Crippen LogP contribution in [0.15, 0.2) is 58.5 Å². The summed E-state index contributed by atoms with van der Waals surface area (Å²) in [5.41, 5.74) is 0.689. The number of amides is 1. The van der Waals surface area contributed by atoms with Crippen molar-refractivity contribution < 1.29 is 14.8 Å². The molecule has 0 aliphatic rings. The number of non-ortho nitro benzene ring substituents is 1. The molecule has 0 aliphatic heterocycles. The molecule has 10 heteroatoms. The van der Waals surface area contributed by atoms with Crippen LogP contribution < -0.4 is 10.9 Å². The number of carbonyl (C=O) groups excluding carboxylic acids is 1. The summed E-state index contributed by atoms with van der Waals surface area (Å²) < 4.78 is 1.46. The van der Waals surface area contributed by atoms with E-state index in [-0.39, 0.29) is 29.5 Å². The molecule has 0 fully saturated rings. The number of rotatable bonds is 8. The molecular formula is C19H18N4O5S. The molecule has 29 heavy (non-hydrogen) atoms. The lowest BCUT2D eigenvalue weighted by atomic mass is 10.2. The molecule has 150 valence electrons. The fourth-order valence-corrected chi connectivity index (χ4v) is 3.50. The van der Waals surface area contributed by atoms with E-state index in [0.717, 1.165) is 11.8 Å².